The summed E-state index contributed by atoms with van der Waals surface area (Å²) in [6.07, 6.45) is 3.02. The van der Waals surface area contributed by atoms with Crippen LogP contribution in [0.25, 0.3) is 4.96 Å². The Kier molecular flexibility index (Phi) is 4.71. The lowest BCUT2D eigenvalue weighted by Gasteiger charge is -2.21. The van der Waals surface area contributed by atoms with Crippen LogP contribution in [0.15, 0.2) is 17.8 Å². The van der Waals surface area contributed by atoms with E-state index in [0.717, 1.165) is 10.7 Å². The average molecular weight is 270 g/mol. The molecule has 0 amide bonds. The van der Waals surface area contributed by atoms with Crippen molar-refractivity contribution in [2.75, 3.05) is 13.2 Å². The highest BCUT2D eigenvalue weighted by molar-refractivity contribution is 7.15. The van der Waals surface area contributed by atoms with Crippen LogP contribution in [0.4, 0.5) is 0 Å². The Bertz CT molecular complexity index is 448. The van der Waals surface area contributed by atoms with Gasteiger partial charge in [-0.15, -0.1) is 11.3 Å². The van der Waals surface area contributed by atoms with Gasteiger partial charge >= 0.3 is 0 Å². The van der Waals surface area contributed by atoms with Crippen molar-refractivity contribution in [2.24, 2.45) is 0 Å². The lowest BCUT2D eigenvalue weighted by atomic mass is 10.2. The lowest BCUT2D eigenvalue weighted by molar-refractivity contribution is -0.189. The minimum atomic E-state index is -0.700. The maximum atomic E-state index is 10.1. The van der Waals surface area contributed by atoms with Crippen molar-refractivity contribution >= 4 is 16.3 Å². The molecule has 2 rings (SSSR count). The molecule has 6 heteroatoms. The number of nitrogens with zero attached hydrogens (tertiary/aromatic N) is 2. The highest BCUT2D eigenvalue weighted by Gasteiger charge is 2.21. The Morgan fingerprint density at radius 3 is 2.72 bits per heavy atom. The molecule has 0 fully saturated rings. The minimum absolute atomic E-state index is 0.430. The molecule has 0 radical (unpaired) electrons. The summed E-state index contributed by atoms with van der Waals surface area (Å²) in [6.45, 7) is 4.79. The third-order valence-electron chi connectivity index (χ3n) is 2.54. The summed E-state index contributed by atoms with van der Waals surface area (Å²) in [4.78, 5) is 5.36. The van der Waals surface area contributed by atoms with Crippen LogP contribution in [-0.2, 0) is 15.9 Å². The van der Waals surface area contributed by atoms with Crippen LogP contribution in [0.1, 0.15) is 19.5 Å². The van der Waals surface area contributed by atoms with Gasteiger partial charge in [0.2, 0.25) is 0 Å². The molecular formula is C12H18N2O3S. The molecule has 0 saturated heterocycles. The first kappa shape index (κ1) is 13.5. The zero-order valence-corrected chi connectivity index (χ0v) is 11.4. The summed E-state index contributed by atoms with van der Waals surface area (Å²) in [5.74, 6) is 0. The van der Waals surface area contributed by atoms with E-state index in [-0.39, 0.29) is 0 Å². The van der Waals surface area contributed by atoms with Crippen molar-refractivity contribution in [3.8, 4) is 0 Å². The van der Waals surface area contributed by atoms with Gasteiger partial charge in [-0.05, 0) is 13.8 Å². The summed E-state index contributed by atoms with van der Waals surface area (Å²) in [7, 11) is 0. The molecule has 100 valence electrons. The molecule has 5 nitrogen and oxygen atoms in total. The number of rotatable bonds is 7. The number of fused-ring (bicyclic) bond motifs is 1. The number of aliphatic hydroxyl groups is 1. The molecular weight excluding hydrogens is 252 g/mol. The van der Waals surface area contributed by atoms with Crippen molar-refractivity contribution in [3.63, 3.8) is 0 Å². The summed E-state index contributed by atoms with van der Waals surface area (Å²) < 4.78 is 12.7. The largest absolute Gasteiger partial charge is 0.387 e. The normalized spacial score (nSPS) is 13.6. The van der Waals surface area contributed by atoms with Crippen LogP contribution in [-0.4, -0.2) is 40.1 Å². The van der Waals surface area contributed by atoms with E-state index < -0.39 is 12.4 Å². The van der Waals surface area contributed by atoms with Gasteiger partial charge in [-0.1, -0.05) is 0 Å². The number of thiazole rings is 1. The third-order valence-corrected chi connectivity index (χ3v) is 3.31. The van der Waals surface area contributed by atoms with Crippen LogP contribution in [0.5, 0.6) is 0 Å². The quantitative estimate of drug-likeness (QED) is 0.778. The fraction of sp³-hybridized carbons (Fsp3) is 0.583. The molecule has 2 aromatic rings. The summed E-state index contributed by atoms with van der Waals surface area (Å²) >= 11 is 1.57. The minimum Gasteiger partial charge on any atom is -0.387 e. The second-order valence-corrected chi connectivity index (χ2v) is 4.75. The van der Waals surface area contributed by atoms with E-state index in [1.165, 1.54) is 0 Å². The number of ether oxygens (including phenoxy) is 2. The van der Waals surface area contributed by atoms with Crippen LogP contribution >= 0.6 is 11.3 Å². The van der Waals surface area contributed by atoms with E-state index in [4.69, 9.17) is 9.47 Å². The van der Waals surface area contributed by atoms with Gasteiger partial charge in [-0.25, -0.2) is 4.98 Å². The number of aromatic nitrogens is 2. The first-order valence-electron chi connectivity index (χ1n) is 6.07. The van der Waals surface area contributed by atoms with E-state index in [0.29, 0.717) is 19.6 Å². The molecule has 0 aliphatic heterocycles. The molecule has 18 heavy (non-hydrogen) atoms. The van der Waals surface area contributed by atoms with Crippen molar-refractivity contribution in [2.45, 2.75) is 32.7 Å². The summed E-state index contributed by atoms with van der Waals surface area (Å²) in [6, 6.07) is 0. The first-order chi connectivity index (χ1) is 8.74. The maximum Gasteiger partial charge on any atom is 0.193 e. The molecule has 1 atom stereocenters. The van der Waals surface area contributed by atoms with Gasteiger partial charge in [-0.2, -0.15) is 0 Å². The van der Waals surface area contributed by atoms with Crippen LogP contribution in [0.2, 0.25) is 0 Å². The van der Waals surface area contributed by atoms with Crippen molar-refractivity contribution in [1.82, 2.24) is 9.38 Å². The van der Waals surface area contributed by atoms with E-state index >= 15 is 0 Å². The second kappa shape index (κ2) is 6.29. The third kappa shape index (κ3) is 3.08. The molecule has 0 spiro atoms. The fourth-order valence-corrected chi connectivity index (χ4v) is 2.50. The lowest BCUT2D eigenvalue weighted by Crippen LogP contribution is -2.33. The average Bonchev–Trinajstić information content (AvgIpc) is 2.89. The predicted molar refractivity (Wildman–Crippen MR) is 69.8 cm³/mol. The molecule has 0 aliphatic rings. The molecule has 0 aromatic carbocycles. The van der Waals surface area contributed by atoms with Gasteiger partial charge < -0.3 is 14.6 Å². The second-order valence-electron chi connectivity index (χ2n) is 3.88. The number of aliphatic hydroxyl groups excluding tert-OH is 1. The van der Waals surface area contributed by atoms with E-state index in [2.05, 4.69) is 4.98 Å². The maximum absolute atomic E-state index is 10.1. The van der Waals surface area contributed by atoms with E-state index in [1.807, 2.05) is 36.0 Å². The van der Waals surface area contributed by atoms with Gasteiger partial charge in [0.1, 0.15) is 6.10 Å². The Balaban J connectivity index is 2.00. The Morgan fingerprint density at radius 1 is 1.39 bits per heavy atom. The predicted octanol–water partition coefficient (Wildman–Crippen LogP) is 1.70. The molecule has 1 unspecified atom stereocenters. The fourth-order valence-electron chi connectivity index (χ4n) is 1.78. The van der Waals surface area contributed by atoms with Gasteiger partial charge in [-0.3, -0.25) is 4.40 Å². The highest BCUT2D eigenvalue weighted by Crippen LogP contribution is 2.14. The molecule has 0 aliphatic carbocycles. The molecule has 0 bridgehead atoms. The number of hydrogen-bond donors (Lipinski definition) is 1. The SMILES string of the molecule is CCOC(OCC)C(O)Cc1cn2ccsc2n1. The van der Waals surface area contributed by atoms with Crippen LogP contribution in [0, 0.1) is 0 Å². The van der Waals surface area contributed by atoms with Gasteiger partial charge in [0.05, 0.1) is 5.69 Å². The zero-order chi connectivity index (χ0) is 13.0. The zero-order valence-electron chi connectivity index (χ0n) is 10.6. The van der Waals surface area contributed by atoms with E-state index in [9.17, 15) is 5.11 Å². The first-order valence-corrected chi connectivity index (χ1v) is 6.95. The van der Waals surface area contributed by atoms with Crippen molar-refractivity contribution < 1.29 is 14.6 Å². The molecule has 0 saturated carbocycles. The molecule has 2 heterocycles. The van der Waals surface area contributed by atoms with Gasteiger partial charge in [0, 0.05) is 37.4 Å². The standard InChI is InChI=1S/C12H18N2O3S/c1-3-16-11(17-4-2)10(15)7-9-8-14-5-6-18-12(14)13-9/h5-6,8,10-11,15H,3-4,7H2,1-2H3. The number of hydrogen-bond acceptors (Lipinski definition) is 5. The van der Waals surface area contributed by atoms with Crippen molar-refractivity contribution in [3.05, 3.63) is 23.5 Å². The Morgan fingerprint density at radius 2 is 2.11 bits per heavy atom. The van der Waals surface area contributed by atoms with Crippen LogP contribution in [0.3, 0.4) is 0 Å². The topological polar surface area (TPSA) is 56.0 Å². The smallest absolute Gasteiger partial charge is 0.193 e. The highest BCUT2D eigenvalue weighted by atomic mass is 32.1. The summed E-state index contributed by atoms with van der Waals surface area (Å²) in [5.41, 5.74) is 0.846. The van der Waals surface area contributed by atoms with E-state index in [1.54, 1.807) is 11.3 Å². The number of imidazole rings is 1. The van der Waals surface area contributed by atoms with Gasteiger partial charge in [0.25, 0.3) is 0 Å². The Labute approximate surface area is 110 Å². The monoisotopic (exact) mass is 270 g/mol. The molecule has 1 N–H and O–H groups in total. The Hall–Kier alpha value is -0.950. The summed E-state index contributed by atoms with van der Waals surface area (Å²) in [5, 5.41) is 12.1. The van der Waals surface area contributed by atoms with Crippen molar-refractivity contribution in [1.29, 1.82) is 0 Å². The molecule has 2 aromatic heterocycles. The van der Waals surface area contributed by atoms with Crippen LogP contribution < -0.4 is 0 Å². The van der Waals surface area contributed by atoms with Gasteiger partial charge in [0.15, 0.2) is 11.3 Å².